The highest BCUT2D eigenvalue weighted by Crippen LogP contribution is 2.07. The standard InChI is InChI=1S/C11H13NO2/c1-8-2-4-9(5-3-8)11(13)12-6-10-7-14-10/h2-5,10H,6-7H2,1H3,(H,12,13)/t10-/m1/s1. The van der Waals surface area contributed by atoms with Gasteiger partial charge in [0, 0.05) is 12.1 Å². The van der Waals surface area contributed by atoms with Crippen molar-refractivity contribution in [3.8, 4) is 0 Å². The molecule has 0 spiro atoms. The maximum Gasteiger partial charge on any atom is 0.251 e. The molecule has 1 amide bonds. The highest BCUT2D eigenvalue weighted by atomic mass is 16.6. The van der Waals surface area contributed by atoms with Crippen LogP contribution in [0.4, 0.5) is 0 Å². The molecule has 0 bridgehead atoms. The maximum atomic E-state index is 11.5. The van der Waals surface area contributed by atoms with E-state index in [1.165, 1.54) is 0 Å². The van der Waals surface area contributed by atoms with E-state index in [1.54, 1.807) is 0 Å². The number of nitrogens with one attached hydrogen (secondary N) is 1. The van der Waals surface area contributed by atoms with E-state index in [0.717, 1.165) is 12.2 Å². The zero-order chi connectivity index (χ0) is 9.97. The highest BCUT2D eigenvalue weighted by Gasteiger charge is 2.22. The van der Waals surface area contributed by atoms with E-state index in [9.17, 15) is 4.79 Å². The van der Waals surface area contributed by atoms with Gasteiger partial charge in [-0.05, 0) is 19.1 Å². The Kier molecular flexibility index (Phi) is 2.50. The van der Waals surface area contributed by atoms with Gasteiger partial charge in [0.05, 0.1) is 12.7 Å². The molecule has 74 valence electrons. The lowest BCUT2D eigenvalue weighted by atomic mass is 10.1. The molecular formula is C11H13NO2. The van der Waals surface area contributed by atoms with Crippen molar-refractivity contribution in [2.24, 2.45) is 0 Å². The van der Waals surface area contributed by atoms with Gasteiger partial charge in [0.25, 0.3) is 5.91 Å². The van der Waals surface area contributed by atoms with Crippen molar-refractivity contribution >= 4 is 5.91 Å². The minimum absolute atomic E-state index is 0.0273. The quantitative estimate of drug-likeness (QED) is 0.727. The first-order valence-electron chi connectivity index (χ1n) is 4.72. The maximum absolute atomic E-state index is 11.5. The summed E-state index contributed by atoms with van der Waals surface area (Å²) in [5, 5.41) is 2.82. The number of hydrogen-bond acceptors (Lipinski definition) is 2. The largest absolute Gasteiger partial charge is 0.371 e. The number of carbonyl (C=O) groups excluding carboxylic acids is 1. The Morgan fingerprint density at radius 1 is 1.50 bits per heavy atom. The molecule has 2 rings (SSSR count). The molecule has 1 aromatic carbocycles. The van der Waals surface area contributed by atoms with E-state index >= 15 is 0 Å². The fraction of sp³-hybridized carbons (Fsp3) is 0.364. The molecule has 1 N–H and O–H groups in total. The molecule has 0 aromatic heterocycles. The molecule has 1 heterocycles. The predicted molar refractivity (Wildman–Crippen MR) is 53.3 cm³/mol. The second-order valence-corrected chi connectivity index (χ2v) is 3.53. The van der Waals surface area contributed by atoms with E-state index in [4.69, 9.17) is 4.74 Å². The molecule has 1 fully saturated rings. The first kappa shape index (κ1) is 9.21. The van der Waals surface area contributed by atoms with Crippen LogP contribution in [0.3, 0.4) is 0 Å². The van der Waals surface area contributed by atoms with Crippen LogP contribution in [0.25, 0.3) is 0 Å². The Morgan fingerprint density at radius 2 is 2.14 bits per heavy atom. The Morgan fingerprint density at radius 3 is 2.71 bits per heavy atom. The average Bonchev–Trinajstić information content (AvgIpc) is 2.99. The molecular weight excluding hydrogens is 178 g/mol. The van der Waals surface area contributed by atoms with Gasteiger partial charge in [-0.25, -0.2) is 0 Å². The third-order valence-corrected chi connectivity index (χ3v) is 2.21. The third-order valence-electron chi connectivity index (χ3n) is 2.21. The Balaban J connectivity index is 1.92. The van der Waals surface area contributed by atoms with E-state index in [1.807, 2.05) is 31.2 Å². The van der Waals surface area contributed by atoms with Gasteiger partial charge in [0.15, 0.2) is 0 Å². The summed E-state index contributed by atoms with van der Waals surface area (Å²) in [6, 6.07) is 7.53. The molecule has 3 nitrogen and oxygen atoms in total. The van der Waals surface area contributed by atoms with Crippen LogP contribution in [0.1, 0.15) is 15.9 Å². The summed E-state index contributed by atoms with van der Waals surface area (Å²) in [4.78, 5) is 11.5. The Labute approximate surface area is 83.1 Å². The molecule has 0 saturated carbocycles. The summed E-state index contributed by atoms with van der Waals surface area (Å²) in [5.74, 6) is -0.0273. The SMILES string of the molecule is Cc1ccc(C(=O)NC[C@@H]2CO2)cc1. The number of aryl methyl sites for hydroxylation is 1. The van der Waals surface area contributed by atoms with Crippen LogP contribution < -0.4 is 5.32 Å². The van der Waals surface area contributed by atoms with Crippen LogP contribution >= 0.6 is 0 Å². The van der Waals surface area contributed by atoms with Crippen LogP contribution in [-0.4, -0.2) is 25.2 Å². The fourth-order valence-corrected chi connectivity index (χ4v) is 1.20. The van der Waals surface area contributed by atoms with Crippen LogP contribution in [-0.2, 0) is 4.74 Å². The number of carbonyl (C=O) groups is 1. The Bertz CT molecular complexity index is 328. The van der Waals surface area contributed by atoms with Gasteiger partial charge in [-0.3, -0.25) is 4.79 Å². The van der Waals surface area contributed by atoms with E-state index < -0.39 is 0 Å². The number of hydrogen-bond donors (Lipinski definition) is 1. The summed E-state index contributed by atoms with van der Waals surface area (Å²) >= 11 is 0. The normalized spacial score (nSPS) is 19.1. The lowest BCUT2D eigenvalue weighted by Gasteiger charge is -2.02. The molecule has 14 heavy (non-hydrogen) atoms. The van der Waals surface area contributed by atoms with Crippen molar-refractivity contribution < 1.29 is 9.53 Å². The molecule has 3 heteroatoms. The summed E-state index contributed by atoms with van der Waals surface area (Å²) in [6.07, 6.45) is 0.240. The van der Waals surface area contributed by atoms with Gasteiger partial charge in [0.2, 0.25) is 0 Å². The van der Waals surface area contributed by atoms with Crippen LogP contribution in [0, 0.1) is 6.92 Å². The topological polar surface area (TPSA) is 41.6 Å². The molecule has 0 unspecified atom stereocenters. The minimum atomic E-state index is -0.0273. The molecule has 1 aromatic rings. The van der Waals surface area contributed by atoms with Gasteiger partial charge < -0.3 is 10.1 Å². The van der Waals surface area contributed by atoms with Crippen molar-refractivity contribution in [1.82, 2.24) is 5.32 Å². The summed E-state index contributed by atoms with van der Waals surface area (Å²) in [5.41, 5.74) is 1.86. The second kappa shape index (κ2) is 3.80. The van der Waals surface area contributed by atoms with Crippen LogP contribution in [0.2, 0.25) is 0 Å². The van der Waals surface area contributed by atoms with Crippen molar-refractivity contribution in [2.75, 3.05) is 13.2 Å². The summed E-state index contributed by atoms with van der Waals surface area (Å²) in [7, 11) is 0. The van der Waals surface area contributed by atoms with Gasteiger partial charge in [-0.2, -0.15) is 0 Å². The van der Waals surface area contributed by atoms with E-state index in [0.29, 0.717) is 12.1 Å². The van der Waals surface area contributed by atoms with Crippen molar-refractivity contribution in [1.29, 1.82) is 0 Å². The average molecular weight is 191 g/mol. The summed E-state index contributed by atoms with van der Waals surface area (Å²) < 4.78 is 5.00. The van der Waals surface area contributed by atoms with E-state index in [2.05, 4.69) is 5.32 Å². The third kappa shape index (κ3) is 2.33. The van der Waals surface area contributed by atoms with Crippen molar-refractivity contribution in [3.05, 3.63) is 35.4 Å². The zero-order valence-electron chi connectivity index (χ0n) is 8.12. The highest BCUT2D eigenvalue weighted by molar-refractivity contribution is 5.94. The molecule has 0 radical (unpaired) electrons. The number of ether oxygens (including phenoxy) is 1. The molecule has 1 aliphatic heterocycles. The first-order chi connectivity index (χ1) is 6.75. The van der Waals surface area contributed by atoms with Crippen molar-refractivity contribution in [3.63, 3.8) is 0 Å². The van der Waals surface area contributed by atoms with Gasteiger partial charge in [0.1, 0.15) is 0 Å². The van der Waals surface area contributed by atoms with E-state index in [-0.39, 0.29) is 12.0 Å². The molecule has 1 aliphatic rings. The van der Waals surface area contributed by atoms with Gasteiger partial charge >= 0.3 is 0 Å². The zero-order valence-corrected chi connectivity index (χ0v) is 8.12. The van der Waals surface area contributed by atoms with Crippen LogP contribution in [0.5, 0.6) is 0 Å². The summed E-state index contributed by atoms with van der Waals surface area (Å²) in [6.45, 7) is 3.39. The fourth-order valence-electron chi connectivity index (χ4n) is 1.20. The van der Waals surface area contributed by atoms with Crippen LogP contribution in [0.15, 0.2) is 24.3 Å². The number of epoxide rings is 1. The number of amides is 1. The minimum Gasteiger partial charge on any atom is -0.371 e. The van der Waals surface area contributed by atoms with Crippen molar-refractivity contribution in [2.45, 2.75) is 13.0 Å². The number of rotatable bonds is 3. The Hall–Kier alpha value is -1.35. The molecule has 0 aliphatic carbocycles. The first-order valence-corrected chi connectivity index (χ1v) is 4.72. The predicted octanol–water partition coefficient (Wildman–Crippen LogP) is 1.12. The molecule has 1 saturated heterocycles. The molecule has 1 atom stereocenters. The lowest BCUT2D eigenvalue weighted by molar-refractivity contribution is 0.0950. The second-order valence-electron chi connectivity index (χ2n) is 3.53. The van der Waals surface area contributed by atoms with Gasteiger partial charge in [-0.15, -0.1) is 0 Å². The lowest BCUT2D eigenvalue weighted by Crippen LogP contribution is -2.27. The smallest absolute Gasteiger partial charge is 0.251 e. The van der Waals surface area contributed by atoms with Gasteiger partial charge in [-0.1, -0.05) is 17.7 Å². The monoisotopic (exact) mass is 191 g/mol. The number of benzene rings is 1.